The predicted molar refractivity (Wildman–Crippen MR) is 151 cm³/mol. The van der Waals surface area contributed by atoms with Crippen LogP contribution in [0.15, 0.2) is 18.3 Å². The van der Waals surface area contributed by atoms with E-state index in [4.69, 9.17) is 9.84 Å². The Morgan fingerprint density at radius 3 is 2.47 bits per heavy atom. The lowest BCUT2D eigenvalue weighted by atomic mass is 9.60. The van der Waals surface area contributed by atoms with Gasteiger partial charge in [-0.3, -0.25) is 9.59 Å². The van der Waals surface area contributed by atoms with E-state index in [2.05, 4.69) is 20.6 Å². The van der Waals surface area contributed by atoms with Crippen LogP contribution in [0.25, 0.3) is 0 Å². The topological polar surface area (TPSA) is 140 Å². The summed E-state index contributed by atoms with van der Waals surface area (Å²) in [7, 11) is 2.57. The van der Waals surface area contributed by atoms with Crippen molar-refractivity contribution in [2.45, 2.75) is 57.5 Å². The Balaban J connectivity index is 1.31. The van der Waals surface area contributed by atoms with Crippen LogP contribution in [0.5, 0.6) is 5.75 Å². The summed E-state index contributed by atoms with van der Waals surface area (Å²) in [6, 6.07) is 1.74. The van der Waals surface area contributed by atoms with Crippen LogP contribution in [0.4, 0.5) is 41.1 Å². The molecule has 1 aromatic carbocycles. The molecule has 3 heterocycles. The summed E-state index contributed by atoms with van der Waals surface area (Å²) in [5.74, 6) is -6.29. The molecule has 2 aromatic rings. The van der Waals surface area contributed by atoms with Gasteiger partial charge < -0.3 is 35.2 Å². The highest BCUT2D eigenvalue weighted by atomic mass is 19.3. The Bertz CT molecular complexity index is 1440. The number of ether oxygens (including phenoxy) is 1. The molecule has 15 heteroatoms. The van der Waals surface area contributed by atoms with Crippen LogP contribution < -0.4 is 25.2 Å². The van der Waals surface area contributed by atoms with Crippen molar-refractivity contribution in [3.63, 3.8) is 0 Å². The Kier molecular flexibility index (Phi) is 7.77. The largest absolute Gasteiger partial charge is 0.495 e. The van der Waals surface area contributed by atoms with Crippen LogP contribution in [0.3, 0.4) is 0 Å². The number of fused-ring (bicyclic) bond motifs is 1. The summed E-state index contributed by atoms with van der Waals surface area (Å²) in [5.41, 5.74) is -0.0360. The number of benzene rings is 1. The molecule has 3 aliphatic rings. The predicted octanol–water partition coefficient (Wildman–Crippen LogP) is 3.85. The number of piperidine rings is 1. The van der Waals surface area contributed by atoms with E-state index in [1.54, 1.807) is 13.8 Å². The number of carboxylic acid groups (broad SMARTS) is 1. The Morgan fingerprint density at radius 2 is 1.86 bits per heavy atom. The number of alkyl halides is 2. The van der Waals surface area contributed by atoms with Gasteiger partial charge in [-0.1, -0.05) is 0 Å². The van der Waals surface area contributed by atoms with E-state index < -0.39 is 42.2 Å². The lowest BCUT2D eigenvalue weighted by Crippen LogP contribution is -2.55. The zero-order valence-electron chi connectivity index (χ0n) is 24.3. The number of aromatic nitrogens is 2. The number of nitrogens with zero attached hydrogens (tertiary/aromatic N) is 5. The Labute approximate surface area is 246 Å². The molecule has 12 nitrogen and oxygen atoms in total. The number of halogens is 3. The third kappa shape index (κ3) is 5.71. The zero-order valence-corrected chi connectivity index (χ0v) is 24.3. The van der Waals surface area contributed by atoms with Crippen LogP contribution in [0.2, 0.25) is 0 Å². The monoisotopic (exact) mass is 605 g/mol. The van der Waals surface area contributed by atoms with Crippen molar-refractivity contribution in [1.29, 1.82) is 0 Å². The third-order valence-electron chi connectivity index (χ3n) is 8.56. The van der Waals surface area contributed by atoms with Crippen LogP contribution in [-0.4, -0.2) is 89.7 Å². The van der Waals surface area contributed by atoms with Gasteiger partial charge in [-0.25, -0.2) is 14.2 Å². The molecule has 0 atom stereocenters. The van der Waals surface area contributed by atoms with Crippen LogP contribution in [0, 0.1) is 11.2 Å². The molecule has 5 rings (SSSR count). The number of hydrogen-bond donors (Lipinski definition) is 3. The first-order valence-corrected chi connectivity index (χ1v) is 14.0. The van der Waals surface area contributed by atoms with Gasteiger partial charge >= 0.3 is 12.0 Å². The van der Waals surface area contributed by atoms with Gasteiger partial charge in [0.05, 0.1) is 31.1 Å². The standard InChI is InChI=1S/C28H34F3N7O5/c1-15(2)38-14-28(30,31)24(40)36(3)20-13-32-25(35-22(20)38)34-19-10-18(29)17(9-21(19)43-4)23(39)33-16-11-27(12-16)5-7-37(8-6-27)26(41)42/h9-10,13,15-16H,5-8,11-12,14H2,1-4H3,(H,33,39)(H,41,42)(H,32,34,35). The second kappa shape index (κ2) is 11.1. The molecular formula is C28H34F3N7O5. The molecule has 2 fully saturated rings. The fraction of sp³-hybridized carbons (Fsp3) is 0.536. The van der Waals surface area contributed by atoms with Crippen molar-refractivity contribution in [2.75, 3.05) is 48.9 Å². The molecular weight excluding hydrogens is 571 g/mol. The summed E-state index contributed by atoms with van der Waals surface area (Å²) < 4.78 is 49.9. The maximum atomic E-state index is 15.2. The number of rotatable bonds is 6. The van der Waals surface area contributed by atoms with Crippen molar-refractivity contribution in [1.82, 2.24) is 20.2 Å². The summed E-state index contributed by atoms with van der Waals surface area (Å²) in [6.07, 6.45) is 3.15. The van der Waals surface area contributed by atoms with Crippen molar-refractivity contribution in [3.05, 3.63) is 29.7 Å². The van der Waals surface area contributed by atoms with Gasteiger partial charge in [-0.2, -0.15) is 13.8 Å². The number of carbonyl (C=O) groups is 3. The summed E-state index contributed by atoms with van der Waals surface area (Å²) in [4.78, 5) is 48.6. The fourth-order valence-corrected chi connectivity index (χ4v) is 6.06. The first-order chi connectivity index (χ1) is 20.2. The number of amides is 3. The van der Waals surface area contributed by atoms with E-state index in [0.717, 1.165) is 23.8 Å². The fourth-order valence-electron chi connectivity index (χ4n) is 6.06. The molecule has 3 N–H and O–H groups in total. The van der Waals surface area contributed by atoms with Crippen LogP contribution in [0.1, 0.15) is 49.9 Å². The van der Waals surface area contributed by atoms with Crippen molar-refractivity contribution >= 4 is 41.0 Å². The molecule has 232 valence electrons. The zero-order chi connectivity index (χ0) is 31.3. The van der Waals surface area contributed by atoms with E-state index in [1.165, 1.54) is 36.2 Å². The molecule has 3 amide bonds. The van der Waals surface area contributed by atoms with Gasteiger partial charge in [0, 0.05) is 38.3 Å². The number of nitrogens with one attached hydrogen (secondary N) is 2. The van der Waals surface area contributed by atoms with E-state index in [0.29, 0.717) is 25.9 Å². The van der Waals surface area contributed by atoms with E-state index >= 15 is 4.39 Å². The van der Waals surface area contributed by atoms with Gasteiger partial charge in [0.1, 0.15) is 17.3 Å². The normalized spacial score (nSPS) is 19.5. The lowest BCUT2D eigenvalue weighted by Gasteiger charge is -2.51. The highest BCUT2D eigenvalue weighted by Crippen LogP contribution is 2.49. The van der Waals surface area contributed by atoms with Crippen molar-refractivity contribution < 1.29 is 37.4 Å². The third-order valence-corrected chi connectivity index (χ3v) is 8.56. The van der Waals surface area contributed by atoms with Gasteiger partial charge in [0.25, 0.3) is 11.8 Å². The van der Waals surface area contributed by atoms with Gasteiger partial charge in [0.15, 0.2) is 5.82 Å². The molecule has 1 saturated carbocycles. The van der Waals surface area contributed by atoms with Crippen molar-refractivity contribution in [3.8, 4) is 5.75 Å². The maximum absolute atomic E-state index is 15.2. The highest BCUT2D eigenvalue weighted by molar-refractivity contribution is 6.02. The minimum atomic E-state index is -3.64. The van der Waals surface area contributed by atoms with E-state index in [1.807, 2.05) is 0 Å². The molecule has 0 radical (unpaired) electrons. The molecule has 1 spiro atoms. The molecule has 0 unspecified atom stereocenters. The average Bonchev–Trinajstić information content (AvgIpc) is 3.01. The molecule has 0 bridgehead atoms. The number of methoxy groups -OCH3 is 1. The van der Waals surface area contributed by atoms with E-state index in [-0.39, 0.29) is 45.9 Å². The molecule has 1 aliphatic carbocycles. The number of hydrogen-bond acceptors (Lipinski definition) is 8. The van der Waals surface area contributed by atoms with Crippen LogP contribution >= 0.6 is 0 Å². The van der Waals surface area contributed by atoms with Crippen LogP contribution in [-0.2, 0) is 4.79 Å². The summed E-state index contributed by atoms with van der Waals surface area (Å²) in [5, 5.41) is 14.9. The number of likely N-dealkylation sites (tertiary alicyclic amines) is 1. The molecule has 43 heavy (non-hydrogen) atoms. The molecule has 1 aromatic heterocycles. The maximum Gasteiger partial charge on any atom is 0.407 e. The summed E-state index contributed by atoms with van der Waals surface area (Å²) in [6.45, 7) is 3.43. The van der Waals surface area contributed by atoms with E-state index in [9.17, 15) is 23.2 Å². The minimum absolute atomic E-state index is 0.00899. The second-order valence-corrected chi connectivity index (χ2v) is 11.7. The summed E-state index contributed by atoms with van der Waals surface area (Å²) >= 11 is 0. The highest BCUT2D eigenvalue weighted by Gasteiger charge is 2.48. The Morgan fingerprint density at radius 1 is 1.19 bits per heavy atom. The number of anilines is 4. The van der Waals surface area contributed by atoms with Crippen molar-refractivity contribution in [2.24, 2.45) is 5.41 Å². The average molecular weight is 606 g/mol. The van der Waals surface area contributed by atoms with Gasteiger partial charge in [-0.15, -0.1) is 0 Å². The minimum Gasteiger partial charge on any atom is -0.495 e. The molecule has 2 aliphatic heterocycles. The lowest BCUT2D eigenvalue weighted by molar-refractivity contribution is -0.140. The SMILES string of the molecule is COc1cc(C(=O)NC2CC3(CCN(C(=O)O)CC3)C2)c(F)cc1Nc1ncc2c(n1)N(C(C)C)CC(F)(F)C(=O)N2C. The smallest absolute Gasteiger partial charge is 0.407 e. The first kappa shape index (κ1) is 30.2. The van der Waals surface area contributed by atoms with Gasteiger partial charge in [-0.05, 0) is 51.0 Å². The van der Waals surface area contributed by atoms with Gasteiger partial charge in [0.2, 0.25) is 5.95 Å². The quantitative estimate of drug-likeness (QED) is 0.448. The molecule has 1 saturated heterocycles. The Hall–Kier alpha value is -4.30. The first-order valence-electron chi connectivity index (χ1n) is 14.0. The number of carbonyl (C=O) groups excluding carboxylic acids is 2. The second-order valence-electron chi connectivity index (χ2n) is 11.7.